The summed E-state index contributed by atoms with van der Waals surface area (Å²) in [6.45, 7) is 6.62. The molecule has 0 aliphatic rings. The minimum atomic E-state index is -3.52. The number of aryl methyl sites for hydroxylation is 1. The van der Waals surface area contributed by atoms with E-state index < -0.39 is 16.1 Å². The molecule has 0 bridgehead atoms. The maximum Gasteiger partial charge on any atom is 0.242 e. The molecule has 2 amide bonds. The molecule has 2 rings (SSSR count). The quantitative estimate of drug-likeness (QED) is 0.423. The number of amides is 2. The number of rotatable bonds is 13. The first-order chi connectivity index (χ1) is 16.6. The molecule has 9 heteroatoms. The van der Waals surface area contributed by atoms with Gasteiger partial charge in [-0.3, -0.25) is 13.9 Å². The highest BCUT2D eigenvalue weighted by Crippen LogP contribution is 2.20. The molecule has 0 saturated heterocycles. The average Bonchev–Trinajstić information content (AvgIpc) is 2.82. The van der Waals surface area contributed by atoms with Crippen LogP contribution in [0, 0.1) is 0 Å². The number of hydrogen-bond donors (Lipinski definition) is 1. The van der Waals surface area contributed by atoms with Crippen molar-refractivity contribution in [2.24, 2.45) is 0 Å². The van der Waals surface area contributed by atoms with Crippen molar-refractivity contribution < 1.29 is 18.0 Å². The van der Waals surface area contributed by atoms with Crippen molar-refractivity contribution in [3.05, 3.63) is 64.7 Å². The minimum absolute atomic E-state index is 0.102. The van der Waals surface area contributed by atoms with Crippen LogP contribution in [0.4, 0.5) is 5.69 Å². The second-order valence-electron chi connectivity index (χ2n) is 8.58. The van der Waals surface area contributed by atoms with E-state index in [-0.39, 0.29) is 31.3 Å². The van der Waals surface area contributed by atoms with Gasteiger partial charge in [0.2, 0.25) is 21.8 Å². The topological polar surface area (TPSA) is 86.8 Å². The molecule has 0 saturated carbocycles. The van der Waals surface area contributed by atoms with Crippen LogP contribution in [0.3, 0.4) is 0 Å². The number of benzene rings is 2. The van der Waals surface area contributed by atoms with Gasteiger partial charge < -0.3 is 10.2 Å². The highest BCUT2D eigenvalue weighted by molar-refractivity contribution is 7.92. The summed E-state index contributed by atoms with van der Waals surface area (Å²) in [5, 5.41) is 3.39. The lowest BCUT2D eigenvalue weighted by Gasteiger charge is -2.29. The van der Waals surface area contributed by atoms with Gasteiger partial charge in [-0.25, -0.2) is 8.42 Å². The molecule has 2 aromatic rings. The van der Waals surface area contributed by atoms with Gasteiger partial charge in [-0.05, 0) is 61.6 Å². The van der Waals surface area contributed by atoms with Gasteiger partial charge in [-0.2, -0.15) is 0 Å². The zero-order valence-corrected chi connectivity index (χ0v) is 22.5. The minimum Gasteiger partial charge on any atom is -0.354 e. The smallest absolute Gasteiger partial charge is 0.242 e. The Morgan fingerprint density at radius 2 is 1.74 bits per heavy atom. The third-order valence-electron chi connectivity index (χ3n) is 5.74. The molecule has 0 aliphatic carbocycles. The fourth-order valence-electron chi connectivity index (χ4n) is 3.71. The van der Waals surface area contributed by atoms with Crippen LogP contribution in [-0.4, -0.2) is 50.5 Å². The van der Waals surface area contributed by atoms with Gasteiger partial charge in [0.1, 0.15) is 6.04 Å². The Labute approximate surface area is 214 Å². The Hall–Kier alpha value is -2.58. The molecular weight excluding hydrogens is 486 g/mol. The summed E-state index contributed by atoms with van der Waals surface area (Å²) in [4.78, 5) is 27.4. The Morgan fingerprint density at radius 3 is 2.31 bits per heavy atom. The molecule has 0 unspecified atom stereocenters. The number of nitrogens with one attached hydrogen (secondary N) is 1. The standard InChI is InChI=1S/C26H36ClN3O4S/c1-5-16-28-26(32)20(3)29(19-22-9-7-10-23(27)18-22)25(31)11-8-17-30(35(4,33)34)24-14-12-21(6-2)13-15-24/h7,9-10,12-15,18,20H,5-6,8,11,16-17,19H2,1-4H3,(H,28,32)/t20-/m0/s1. The third kappa shape index (κ3) is 8.85. The van der Waals surface area contributed by atoms with E-state index in [1.807, 2.05) is 32.0 Å². The maximum absolute atomic E-state index is 13.2. The van der Waals surface area contributed by atoms with Crippen LogP contribution in [0.1, 0.15) is 51.2 Å². The van der Waals surface area contributed by atoms with Gasteiger partial charge in [-0.15, -0.1) is 0 Å². The first-order valence-electron chi connectivity index (χ1n) is 11.9. The van der Waals surface area contributed by atoms with Crippen LogP contribution in [0.5, 0.6) is 0 Å². The lowest BCUT2D eigenvalue weighted by atomic mass is 10.1. The average molecular weight is 522 g/mol. The fourth-order valence-corrected chi connectivity index (χ4v) is 4.89. The van der Waals surface area contributed by atoms with Gasteiger partial charge in [0, 0.05) is 31.1 Å². The number of nitrogens with zero attached hydrogens (tertiary/aromatic N) is 2. The molecule has 0 aliphatic heterocycles. The van der Waals surface area contributed by atoms with Crippen molar-refractivity contribution in [2.45, 2.75) is 59.0 Å². The van der Waals surface area contributed by atoms with Gasteiger partial charge in [0.25, 0.3) is 0 Å². The number of hydrogen-bond acceptors (Lipinski definition) is 4. The van der Waals surface area contributed by atoms with Crippen molar-refractivity contribution in [3.8, 4) is 0 Å². The van der Waals surface area contributed by atoms with Crippen LogP contribution < -0.4 is 9.62 Å². The zero-order valence-electron chi connectivity index (χ0n) is 21.0. The number of anilines is 1. The number of halogens is 1. The first kappa shape index (κ1) is 28.7. The van der Waals surface area contributed by atoms with E-state index >= 15 is 0 Å². The van der Waals surface area contributed by atoms with Crippen LogP contribution in [0.2, 0.25) is 5.02 Å². The summed E-state index contributed by atoms with van der Waals surface area (Å²) >= 11 is 6.11. The summed E-state index contributed by atoms with van der Waals surface area (Å²) < 4.78 is 26.2. The van der Waals surface area contributed by atoms with Crippen LogP contribution in [-0.2, 0) is 32.6 Å². The molecule has 0 radical (unpaired) electrons. The van der Waals surface area contributed by atoms with Crippen molar-refractivity contribution >= 4 is 39.1 Å². The number of carbonyl (C=O) groups excluding carboxylic acids is 2. The Morgan fingerprint density at radius 1 is 1.06 bits per heavy atom. The largest absolute Gasteiger partial charge is 0.354 e. The van der Waals surface area contributed by atoms with E-state index in [9.17, 15) is 18.0 Å². The second kappa shape index (κ2) is 13.5. The van der Waals surface area contributed by atoms with Gasteiger partial charge in [-0.1, -0.05) is 49.7 Å². The maximum atomic E-state index is 13.2. The number of carbonyl (C=O) groups is 2. The molecule has 2 aromatic carbocycles. The summed E-state index contributed by atoms with van der Waals surface area (Å²) in [5.41, 5.74) is 2.50. The highest BCUT2D eigenvalue weighted by atomic mass is 35.5. The van der Waals surface area contributed by atoms with Crippen LogP contribution >= 0.6 is 11.6 Å². The predicted molar refractivity (Wildman–Crippen MR) is 142 cm³/mol. The molecule has 0 fully saturated rings. The van der Waals surface area contributed by atoms with E-state index in [2.05, 4.69) is 5.32 Å². The van der Waals surface area contributed by atoms with Crippen molar-refractivity contribution in [1.82, 2.24) is 10.2 Å². The van der Waals surface area contributed by atoms with Gasteiger partial charge in [0.15, 0.2) is 0 Å². The monoisotopic (exact) mass is 521 g/mol. The molecule has 35 heavy (non-hydrogen) atoms. The third-order valence-corrected chi connectivity index (χ3v) is 7.17. The molecule has 0 aromatic heterocycles. The molecule has 192 valence electrons. The molecular formula is C26H36ClN3O4S. The van der Waals surface area contributed by atoms with E-state index in [0.29, 0.717) is 23.7 Å². The molecule has 0 heterocycles. The van der Waals surface area contributed by atoms with E-state index in [0.717, 1.165) is 30.2 Å². The Balaban J connectivity index is 2.14. The summed E-state index contributed by atoms with van der Waals surface area (Å²) in [5.74, 6) is -0.449. The Kier molecular flexibility index (Phi) is 11.0. The molecule has 1 N–H and O–H groups in total. The lowest BCUT2D eigenvalue weighted by molar-refractivity contribution is -0.140. The molecule has 0 spiro atoms. The molecule has 1 atom stereocenters. The zero-order chi connectivity index (χ0) is 26.0. The number of sulfonamides is 1. The van der Waals surface area contributed by atoms with Gasteiger partial charge >= 0.3 is 0 Å². The normalized spacial score (nSPS) is 12.1. The SMILES string of the molecule is CCCNC(=O)[C@H](C)N(Cc1cccc(Cl)c1)C(=O)CCCN(c1ccc(CC)cc1)S(C)(=O)=O. The van der Waals surface area contributed by atoms with Gasteiger partial charge in [0.05, 0.1) is 11.9 Å². The molecule has 7 nitrogen and oxygen atoms in total. The highest BCUT2D eigenvalue weighted by Gasteiger charge is 2.26. The van der Waals surface area contributed by atoms with Crippen molar-refractivity contribution in [1.29, 1.82) is 0 Å². The predicted octanol–water partition coefficient (Wildman–Crippen LogP) is 4.39. The van der Waals surface area contributed by atoms with Crippen molar-refractivity contribution in [2.75, 3.05) is 23.7 Å². The summed E-state index contributed by atoms with van der Waals surface area (Å²) in [6.07, 6.45) is 3.23. The summed E-state index contributed by atoms with van der Waals surface area (Å²) in [7, 11) is -3.52. The van der Waals surface area contributed by atoms with E-state index in [1.165, 1.54) is 9.21 Å². The fraction of sp³-hybridized carbons (Fsp3) is 0.462. The Bertz CT molecular complexity index is 1090. The first-order valence-corrected chi connectivity index (χ1v) is 14.2. The van der Waals surface area contributed by atoms with Crippen LogP contribution in [0.25, 0.3) is 0 Å². The van der Waals surface area contributed by atoms with Crippen molar-refractivity contribution in [3.63, 3.8) is 0 Å². The second-order valence-corrected chi connectivity index (χ2v) is 10.9. The summed E-state index contributed by atoms with van der Waals surface area (Å²) in [6, 6.07) is 13.9. The van der Waals surface area contributed by atoms with E-state index in [1.54, 1.807) is 37.3 Å². The van der Waals surface area contributed by atoms with E-state index in [4.69, 9.17) is 11.6 Å². The lowest BCUT2D eigenvalue weighted by Crippen LogP contribution is -2.47. The van der Waals surface area contributed by atoms with Crippen LogP contribution in [0.15, 0.2) is 48.5 Å².